The maximum atomic E-state index is 4.95. The molecule has 0 aliphatic heterocycles. The fourth-order valence-corrected chi connectivity index (χ4v) is 7.68. The predicted molar refractivity (Wildman–Crippen MR) is 256 cm³/mol. The van der Waals surface area contributed by atoms with Crippen LogP contribution in [0, 0.1) is 0 Å². The van der Waals surface area contributed by atoms with Gasteiger partial charge in [-0.15, -0.1) is 0 Å². The lowest BCUT2D eigenvalue weighted by molar-refractivity contribution is 1.07. The molecule has 3 heterocycles. The molecule has 300 valence electrons. The van der Waals surface area contributed by atoms with Crippen molar-refractivity contribution in [2.45, 2.75) is 0 Å². The van der Waals surface area contributed by atoms with Gasteiger partial charge in [-0.1, -0.05) is 72.8 Å². The van der Waals surface area contributed by atoms with E-state index in [0.29, 0.717) is 17.5 Å². The molecule has 8 nitrogen and oxygen atoms in total. The smallest absolute Gasteiger partial charge is 0.164 e. The number of aromatic nitrogens is 5. The predicted octanol–water partition coefficient (Wildman–Crippen LogP) is 14.1. The minimum Gasteiger partial charge on any atom is -0.311 e. The molecular formula is C55H40N8. The van der Waals surface area contributed by atoms with Crippen molar-refractivity contribution in [3.63, 3.8) is 0 Å². The van der Waals surface area contributed by atoms with Crippen LogP contribution in [0.3, 0.4) is 0 Å². The highest BCUT2D eigenvalue weighted by atomic mass is 15.2. The van der Waals surface area contributed by atoms with Crippen LogP contribution in [0.1, 0.15) is 0 Å². The van der Waals surface area contributed by atoms with E-state index in [9.17, 15) is 0 Å². The van der Waals surface area contributed by atoms with E-state index in [4.69, 9.17) is 15.0 Å². The topological polar surface area (TPSA) is 74.2 Å². The minimum atomic E-state index is 0.569. The number of benzene rings is 7. The first-order chi connectivity index (χ1) is 31.2. The van der Waals surface area contributed by atoms with Crippen molar-refractivity contribution in [1.82, 2.24) is 24.9 Å². The number of para-hydroxylation sites is 4. The van der Waals surface area contributed by atoms with Gasteiger partial charge in [0.25, 0.3) is 0 Å². The van der Waals surface area contributed by atoms with E-state index < -0.39 is 0 Å². The molecule has 0 unspecified atom stereocenters. The molecule has 0 saturated heterocycles. The van der Waals surface area contributed by atoms with E-state index >= 15 is 0 Å². The van der Waals surface area contributed by atoms with Gasteiger partial charge in [-0.2, -0.15) is 0 Å². The summed E-state index contributed by atoms with van der Waals surface area (Å²) >= 11 is 0. The van der Waals surface area contributed by atoms with E-state index in [2.05, 4.69) is 195 Å². The average Bonchev–Trinajstić information content (AvgIpc) is 3.37. The molecule has 0 amide bonds. The van der Waals surface area contributed by atoms with E-state index in [-0.39, 0.29) is 0 Å². The number of pyridine rings is 2. The van der Waals surface area contributed by atoms with Crippen molar-refractivity contribution in [3.05, 3.63) is 243 Å². The molecule has 0 bridgehead atoms. The first-order valence-corrected chi connectivity index (χ1v) is 20.7. The minimum absolute atomic E-state index is 0.569. The van der Waals surface area contributed by atoms with Crippen LogP contribution in [-0.4, -0.2) is 24.9 Å². The van der Waals surface area contributed by atoms with Gasteiger partial charge >= 0.3 is 0 Å². The lowest BCUT2D eigenvalue weighted by Crippen LogP contribution is -2.13. The third kappa shape index (κ3) is 8.37. The van der Waals surface area contributed by atoms with Gasteiger partial charge in [-0.3, -0.25) is 9.97 Å². The number of nitrogens with zero attached hydrogens (tertiary/aromatic N) is 8. The summed E-state index contributed by atoms with van der Waals surface area (Å²) in [7, 11) is 0. The zero-order chi connectivity index (χ0) is 42.2. The molecule has 63 heavy (non-hydrogen) atoms. The van der Waals surface area contributed by atoms with Crippen molar-refractivity contribution in [2.75, 3.05) is 14.7 Å². The van der Waals surface area contributed by atoms with Crippen LogP contribution in [-0.2, 0) is 0 Å². The quantitative estimate of drug-likeness (QED) is 0.121. The largest absolute Gasteiger partial charge is 0.311 e. The number of hydrogen-bond acceptors (Lipinski definition) is 8. The Bertz CT molecular complexity index is 2750. The van der Waals surface area contributed by atoms with Crippen molar-refractivity contribution >= 4 is 51.2 Å². The summed E-state index contributed by atoms with van der Waals surface area (Å²) in [6.45, 7) is 0. The third-order valence-electron chi connectivity index (χ3n) is 10.7. The fourth-order valence-electron chi connectivity index (χ4n) is 7.68. The van der Waals surface area contributed by atoms with E-state index in [0.717, 1.165) is 67.9 Å². The second-order valence-corrected chi connectivity index (χ2v) is 14.7. The molecule has 0 atom stereocenters. The molecule has 7 aromatic carbocycles. The summed E-state index contributed by atoms with van der Waals surface area (Å²) in [6, 6.07) is 75.3. The Morgan fingerprint density at radius 3 is 0.667 bits per heavy atom. The average molecular weight is 813 g/mol. The Morgan fingerprint density at radius 2 is 0.413 bits per heavy atom. The van der Waals surface area contributed by atoms with Crippen molar-refractivity contribution in [2.24, 2.45) is 0 Å². The molecule has 10 aromatic rings. The number of anilines is 9. The Labute approximate surface area is 366 Å². The van der Waals surface area contributed by atoms with Gasteiger partial charge < -0.3 is 14.7 Å². The first kappa shape index (κ1) is 38.5. The van der Waals surface area contributed by atoms with Crippen LogP contribution in [0.15, 0.2) is 243 Å². The molecule has 0 radical (unpaired) electrons. The van der Waals surface area contributed by atoms with Gasteiger partial charge in [0, 0.05) is 92.7 Å². The second-order valence-electron chi connectivity index (χ2n) is 14.7. The zero-order valence-electron chi connectivity index (χ0n) is 34.2. The Hall–Kier alpha value is -8.75. The summed E-state index contributed by atoms with van der Waals surface area (Å²) < 4.78 is 0. The monoisotopic (exact) mass is 812 g/mol. The van der Waals surface area contributed by atoms with Gasteiger partial charge in [-0.25, -0.2) is 15.0 Å². The van der Waals surface area contributed by atoms with Crippen molar-refractivity contribution in [1.29, 1.82) is 0 Å². The first-order valence-electron chi connectivity index (χ1n) is 20.7. The fraction of sp³-hybridized carbons (Fsp3) is 0. The molecule has 0 aliphatic rings. The summed E-state index contributed by atoms with van der Waals surface area (Å²) in [5, 5.41) is 0. The highest BCUT2D eigenvalue weighted by Gasteiger charge is 2.19. The van der Waals surface area contributed by atoms with Crippen molar-refractivity contribution < 1.29 is 0 Å². The van der Waals surface area contributed by atoms with Crippen LogP contribution in [0.5, 0.6) is 0 Å². The van der Waals surface area contributed by atoms with Gasteiger partial charge in [-0.05, 0) is 146 Å². The molecule has 0 saturated carbocycles. The lowest BCUT2D eigenvalue weighted by Gasteiger charge is -2.29. The van der Waals surface area contributed by atoms with Crippen LogP contribution in [0.2, 0.25) is 0 Å². The normalized spacial score (nSPS) is 10.9. The summed E-state index contributed by atoms with van der Waals surface area (Å²) in [5.74, 6) is 1.71. The summed E-state index contributed by atoms with van der Waals surface area (Å²) in [4.78, 5) is 30.0. The van der Waals surface area contributed by atoms with E-state index in [1.54, 1.807) is 24.8 Å². The third-order valence-corrected chi connectivity index (χ3v) is 10.7. The highest BCUT2D eigenvalue weighted by molar-refractivity contribution is 5.84. The number of hydrogen-bond donors (Lipinski definition) is 0. The standard InChI is InChI=1S/C55H40N8/c1-5-13-44(14-6-1)61(45-15-7-2-8-16-45)49-25-29-51(30-26-49)63(52-31-27-50(28-32-52)62(46-17-9-3-10-18-46)47-19-11-4-12-20-47)48-23-21-41(22-24-48)53-58-54(42-33-37-56-38-34-42)60-55(59-53)43-35-39-57-40-36-43/h1-40H. The zero-order valence-corrected chi connectivity index (χ0v) is 34.2. The molecule has 0 fully saturated rings. The molecule has 8 heteroatoms. The Balaban J connectivity index is 1.06. The second kappa shape index (κ2) is 17.8. The van der Waals surface area contributed by atoms with Crippen LogP contribution < -0.4 is 14.7 Å². The summed E-state index contributed by atoms with van der Waals surface area (Å²) in [6.07, 6.45) is 6.98. The SMILES string of the molecule is c1ccc(N(c2ccccc2)c2ccc(N(c3ccc(-c4nc(-c5ccncc5)nc(-c5ccncc5)n4)cc3)c3ccc(N(c4ccccc4)c4ccccc4)cc3)cc2)cc1. The molecular weight excluding hydrogens is 773 g/mol. The van der Waals surface area contributed by atoms with Gasteiger partial charge in [0.2, 0.25) is 0 Å². The Kier molecular flexibility index (Phi) is 10.9. The van der Waals surface area contributed by atoms with E-state index in [1.807, 2.05) is 48.5 Å². The van der Waals surface area contributed by atoms with Gasteiger partial charge in [0.05, 0.1) is 0 Å². The molecule has 0 N–H and O–H groups in total. The van der Waals surface area contributed by atoms with Crippen LogP contribution >= 0.6 is 0 Å². The van der Waals surface area contributed by atoms with Gasteiger partial charge in [0.15, 0.2) is 17.5 Å². The molecule has 3 aromatic heterocycles. The van der Waals surface area contributed by atoms with Crippen LogP contribution in [0.25, 0.3) is 34.2 Å². The molecule has 0 aliphatic carbocycles. The number of rotatable bonds is 12. The summed E-state index contributed by atoms with van der Waals surface area (Å²) in [5.41, 5.74) is 12.0. The molecule has 10 rings (SSSR count). The van der Waals surface area contributed by atoms with Gasteiger partial charge in [0.1, 0.15) is 0 Å². The van der Waals surface area contributed by atoms with Crippen molar-refractivity contribution in [3.8, 4) is 34.2 Å². The van der Waals surface area contributed by atoms with E-state index in [1.165, 1.54) is 0 Å². The maximum absolute atomic E-state index is 4.95. The Morgan fingerprint density at radius 1 is 0.206 bits per heavy atom. The highest BCUT2D eigenvalue weighted by Crippen LogP contribution is 2.41. The van der Waals surface area contributed by atoms with Crippen LogP contribution in [0.4, 0.5) is 51.2 Å². The lowest BCUT2D eigenvalue weighted by atomic mass is 10.1. The molecule has 0 spiro atoms. The maximum Gasteiger partial charge on any atom is 0.164 e.